The number of aromatic amines is 1. The van der Waals surface area contributed by atoms with Crippen molar-refractivity contribution in [2.24, 2.45) is 0 Å². The molecule has 0 unspecified atom stereocenters. The SMILES string of the molecule is Cc1[nH]nc2cccc(OC[C@@H](O)CNCCC(=O)N3CCN(C)CC3)c12. The summed E-state index contributed by atoms with van der Waals surface area (Å²) < 4.78 is 5.77. The van der Waals surface area contributed by atoms with Crippen LogP contribution in [0.1, 0.15) is 12.1 Å². The summed E-state index contributed by atoms with van der Waals surface area (Å²) in [4.78, 5) is 16.3. The lowest BCUT2D eigenvalue weighted by Crippen LogP contribution is -2.47. The van der Waals surface area contributed by atoms with Crippen molar-refractivity contribution in [2.45, 2.75) is 19.4 Å². The average molecular weight is 375 g/mol. The van der Waals surface area contributed by atoms with Crippen molar-refractivity contribution in [3.05, 3.63) is 23.9 Å². The summed E-state index contributed by atoms with van der Waals surface area (Å²) in [5.74, 6) is 0.881. The number of rotatable bonds is 8. The van der Waals surface area contributed by atoms with Crippen LogP contribution in [0.25, 0.3) is 10.9 Å². The van der Waals surface area contributed by atoms with E-state index in [-0.39, 0.29) is 12.5 Å². The lowest BCUT2D eigenvalue weighted by molar-refractivity contribution is -0.132. The van der Waals surface area contributed by atoms with Crippen molar-refractivity contribution in [1.29, 1.82) is 0 Å². The Labute approximate surface area is 159 Å². The number of nitrogens with zero attached hydrogens (tertiary/aromatic N) is 3. The Balaban J connectivity index is 1.35. The standard InChI is InChI=1S/C19H29N5O3/c1-14-19-16(22-21-14)4-3-5-17(19)27-13-15(25)12-20-7-6-18(26)24-10-8-23(2)9-11-24/h3-5,15,20,25H,6-13H2,1-2H3,(H,21,22)/t15-/m0/s1. The van der Waals surface area contributed by atoms with Crippen LogP contribution in [0.3, 0.4) is 0 Å². The number of aryl methyl sites for hydroxylation is 1. The number of amides is 1. The van der Waals surface area contributed by atoms with Crippen LogP contribution in [-0.4, -0.2) is 90.0 Å². The fourth-order valence-corrected chi connectivity index (χ4v) is 3.23. The number of aromatic nitrogens is 2. The zero-order chi connectivity index (χ0) is 19.2. The zero-order valence-corrected chi connectivity index (χ0v) is 16.1. The van der Waals surface area contributed by atoms with Crippen LogP contribution in [0.2, 0.25) is 0 Å². The molecular formula is C19H29N5O3. The topological polar surface area (TPSA) is 93.7 Å². The van der Waals surface area contributed by atoms with Gasteiger partial charge in [-0.15, -0.1) is 0 Å². The summed E-state index contributed by atoms with van der Waals surface area (Å²) in [7, 11) is 2.07. The molecule has 1 atom stereocenters. The molecule has 0 spiro atoms. The van der Waals surface area contributed by atoms with Crippen LogP contribution in [0, 0.1) is 6.92 Å². The highest BCUT2D eigenvalue weighted by atomic mass is 16.5. The van der Waals surface area contributed by atoms with E-state index >= 15 is 0 Å². The molecule has 0 aliphatic carbocycles. The van der Waals surface area contributed by atoms with Crippen LogP contribution in [0.4, 0.5) is 0 Å². The predicted molar refractivity (Wildman–Crippen MR) is 104 cm³/mol. The Morgan fingerprint density at radius 3 is 2.93 bits per heavy atom. The molecule has 2 aromatic rings. The van der Waals surface area contributed by atoms with E-state index in [1.165, 1.54) is 0 Å². The monoisotopic (exact) mass is 375 g/mol. The highest BCUT2D eigenvalue weighted by Crippen LogP contribution is 2.26. The van der Waals surface area contributed by atoms with Crippen molar-refractivity contribution in [1.82, 2.24) is 25.3 Å². The van der Waals surface area contributed by atoms with Gasteiger partial charge in [0.1, 0.15) is 18.5 Å². The molecule has 1 amide bonds. The Hall–Kier alpha value is -2.16. The number of hydrogen-bond acceptors (Lipinski definition) is 6. The van der Waals surface area contributed by atoms with Gasteiger partial charge in [-0.25, -0.2) is 0 Å². The van der Waals surface area contributed by atoms with Crippen molar-refractivity contribution in [3.63, 3.8) is 0 Å². The molecule has 0 radical (unpaired) electrons. The third-order valence-electron chi connectivity index (χ3n) is 4.91. The molecule has 148 valence electrons. The number of piperazine rings is 1. The Kier molecular flexibility index (Phi) is 6.65. The first-order valence-corrected chi connectivity index (χ1v) is 9.46. The second-order valence-corrected chi connectivity index (χ2v) is 7.10. The molecule has 0 bridgehead atoms. The van der Waals surface area contributed by atoms with Crippen LogP contribution in [0.15, 0.2) is 18.2 Å². The van der Waals surface area contributed by atoms with Crippen LogP contribution < -0.4 is 10.1 Å². The molecule has 2 heterocycles. The van der Waals surface area contributed by atoms with Gasteiger partial charge in [-0.05, 0) is 26.1 Å². The van der Waals surface area contributed by atoms with E-state index in [1.54, 1.807) is 0 Å². The lowest BCUT2D eigenvalue weighted by Gasteiger charge is -2.32. The number of carbonyl (C=O) groups is 1. The second-order valence-electron chi connectivity index (χ2n) is 7.10. The van der Waals surface area contributed by atoms with Gasteiger partial charge in [-0.2, -0.15) is 5.10 Å². The van der Waals surface area contributed by atoms with Gasteiger partial charge < -0.3 is 25.0 Å². The Morgan fingerprint density at radius 2 is 2.15 bits per heavy atom. The third-order valence-corrected chi connectivity index (χ3v) is 4.91. The Bertz CT molecular complexity index is 755. The minimum Gasteiger partial charge on any atom is -0.490 e. The minimum atomic E-state index is -0.647. The van der Waals surface area contributed by atoms with E-state index in [1.807, 2.05) is 30.0 Å². The number of fused-ring (bicyclic) bond motifs is 1. The molecule has 8 nitrogen and oxygen atoms in total. The molecule has 27 heavy (non-hydrogen) atoms. The van der Waals surface area contributed by atoms with Crippen molar-refractivity contribution >= 4 is 16.8 Å². The summed E-state index contributed by atoms with van der Waals surface area (Å²) in [5.41, 5.74) is 1.79. The summed E-state index contributed by atoms with van der Waals surface area (Å²) in [6, 6.07) is 5.67. The number of carbonyl (C=O) groups excluding carboxylic acids is 1. The minimum absolute atomic E-state index is 0.170. The van der Waals surface area contributed by atoms with Gasteiger partial charge in [0, 0.05) is 51.4 Å². The molecule has 0 saturated carbocycles. The molecule has 1 aromatic heterocycles. The lowest BCUT2D eigenvalue weighted by atomic mass is 10.2. The van der Waals surface area contributed by atoms with Crippen LogP contribution >= 0.6 is 0 Å². The fourth-order valence-electron chi connectivity index (χ4n) is 3.23. The third kappa shape index (κ3) is 5.18. The van der Waals surface area contributed by atoms with Crippen LogP contribution in [-0.2, 0) is 4.79 Å². The molecule has 3 N–H and O–H groups in total. The van der Waals surface area contributed by atoms with E-state index in [0.717, 1.165) is 42.8 Å². The largest absolute Gasteiger partial charge is 0.490 e. The van der Waals surface area contributed by atoms with Gasteiger partial charge in [0.15, 0.2) is 0 Å². The Morgan fingerprint density at radius 1 is 1.37 bits per heavy atom. The normalized spacial score (nSPS) is 16.6. The highest BCUT2D eigenvalue weighted by molar-refractivity contribution is 5.87. The zero-order valence-electron chi connectivity index (χ0n) is 16.1. The van der Waals surface area contributed by atoms with Gasteiger partial charge in [0.25, 0.3) is 0 Å². The number of nitrogens with one attached hydrogen (secondary N) is 2. The number of aliphatic hydroxyl groups excluding tert-OH is 1. The first-order valence-electron chi connectivity index (χ1n) is 9.46. The van der Waals surface area contributed by atoms with E-state index in [2.05, 4.69) is 27.5 Å². The molecule has 1 aromatic carbocycles. The maximum absolute atomic E-state index is 12.2. The van der Waals surface area contributed by atoms with Gasteiger partial charge in [-0.1, -0.05) is 6.07 Å². The first-order chi connectivity index (χ1) is 13.0. The smallest absolute Gasteiger partial charge is 0.223 e. The van der Waals surface area contributed by atoms with Gasteiger partial charge in [-0.3, -0.25) is 9.89 Å². The van der Waals surface area contributed by atoms with E-state index in [0.29, 0.717) is 25.3 Å². The summed E-state index contributed by atoms with van der Waals surface area (Å²) in [6.45, 7) is 6.52. The molecule has 8 heteroatoms. The number of benzene rings is 1. The second kappa shape index (κ2) is 9.16. The van der Waals surface area contributed by atoms with E-state index in [9.17, 15) is 9.90 Å². The van der Waals surface area contributed by atoms with E-state index in [4.69, 9.17) is 4.74 Å². The number of H-pyrrole nitrogens is 1. The van der Waals surface area contributed by atoms with Crippen molar-refractivity contribution in [3.8, 4) is 5.75 Å². The quantitative estimate of drug-likeness (QED) is 0.577. The average Bonchev–Trinajstić information content (AvgIpc) is 3.05. The molecular weight excluding hydrogens is 346 g/mol. The predicted octanol–water partition coefficient (Wildman–Crippen LogP) is 0.365. The van der Waals surface area contributed by atoms with Gasteiger partial charge >= 0.3 is 0 Å². The van der Waals surface area contributed by atoms with Crippen molar-refractivity contribution in [2.75, 3.05) is 52.9 Å². The molecule has 1 aliphatic rings. The fraction of sp³-hybridized carbons (Fsp3) is 0.579. The first kappa shape index (κ1) is 19.6. The summed E-state index contributed by atoms with van der Waals surface area (Å²) in [5, 5.41) is 21.4. The van der Waals surface area contributed by atoms with Gasteiger partial charge in [0.2, 0.25) is 5.91 Å². The number of likely N-dealkylation sites (N-methyl/N-ethyl adjacent to an activating group) is 1. The summed E-state index contributed by atoms with van der Waals surface area (Å²) in [6.07, 6.45) is -0.198. The van der Waals surface area contributed by atoms with Crippen molar-refractivity contribution < 1.29 is 14.6 Å². The maximum atomic E-state index is 12.2. The van der Waals surface area contributed by atoms with Gasteiger partial charge in [0.05, 0.1) is 10.9 Å². The molecule has 1 saturated heterocycles. The number of hydrogen-bond donors (Lipinski definition) is 3. The molecule has 1 aliphatic heterocycles. The van der Waals surface area contributed by atoms with E-state index < -0.39 is 6.10 Å². The number of aliphatic hydroxyl groups is 1. The number of ether oxygens (including phenoxy) is 1. The summed E-state index contributed by atoms with van der Waals surface area (Å²) >= 11 is 0. The molecule has 1 fully saturated rings. The maximum Gasteiger partial charge on any atom is 0.223 e. The molecule has 3 rings (SSSR count). The van der Waals surface area contributed by atoms with Crippen LogP contribution in [0.5, 0.6) is 5.75 Å². The highest BCUT2D eigenvalue weighted by Gasteiger charge is 2.18.